The predicted octanol–water partition coefficient (Wildman–Crippen LogP) is 7.33. The van der Waals surface area contributed by atoms with Gasteiger partial charge in [0.25, 0.3) is 0 Å². The number of rotatable bonds is 6. The predicted molar refractivity (Wildman–Crippen MR) is 148 cm³/mol. The van der Waals surface area contributed by atoms with E-state index in [1.54, 1.807) is 0 Å². The molecule has 0 unspecified atom stereocenters. The normalized spacial score (nSPS) is 10.3. The van der Waals surface area contributed by atoms with Crippen molar-refractivity contribution in [1.82, 2.24) is 0 Å². The zero-order valence-corrected chi connectivity index (χ0v) is 22.3. The summed E-state index contributed by atoms with van der Waals surface area (Å²) in [7, 11) is 0.380. The van der Waals surface area contributed by atoms with E-state index in [2.05, 4.69) is 132 Å². The molecule has 30 heavy (non-hydrogen) atoms. The Hall–Kier alpha value is -1.05. The van der Waals surface area contributed by atoms with Crippen LogP contribution in [0.25, 0.3) is 0 Å². The third kappa shape index (κ3) is 10.8. The summed E-state index contributed by atoms with van der Waals surface area (Å²) in [6, 6.07) is 32.3. The van der Waals surface area contributed by atoms with Gasteiger partial charge in [0.1, 0.15) is 0 Å². The average molecular weight is 457 g/mol. The zero-order valence-electron chi connectivity index (χ0n) is 19.6. The standard InChI is InChI=1S/C18H15P.C6H15P.C3H9P/c1-4-10-16(11-5-1)19(17-12-6-2-7-13-17)18-14-8-3-9-15-18;1-4-7(5-2)6-3;1-4(2)3/h1-15H;4-6H2,1-3H3;1-3H3. The fourth-order valence-electron chi connectivity index (χ4n) is 2.85. The minimum absolute atomic E-state index is 0.380. The first-order valence-corrected chi connectivity index (χ1v) is 16.7. The Morgan fingerprint density at radius 3 is 0.867 bits per heavy atom. The summed E-state index contributed by atoms with van der Waals surface area (Å²) in [4.78, 5) is 0. The van der Waals surface area contributed by atoms with E-state index in [1.807, 2.05) is 0 Å². The molecule has 0 spiro atoms. The molecule has 0 bridgehead atoms. The SMILES string of the molecule is CCP(CC)CC.CP(C)C.c1ccc(P(c2ccccc2)c2ccccc2)cc1. The summed E-state index contributed by atoms with van der Waals surface area (Å²) in [6.45, 7) is 13.6. The van der Waals surface area contributed by atoms with Crippen molar-refractivity contribution < 1.29 is 0 Å². The highest BCUT2D eigenvalue weighted by molar-refractivity contribution is 7.79. The van der Waals surface area contributed by atoms with Crippen molar-refractivity contribution >= 4 is 39.7 Å². The summed E-state index contributed by atoms with van der Waals surface area (Å²) >= 11 is 0. The van der Waals surface area contributed by atoms with Crippen LogP contribution in [0.15, 0.2) is 91.0 Å². The molecule has 162 valence electrons. The van der Waals surface area contributed by atoms with Crippen molar-refractivity contribution in [1.29, 1.82) is 0 Å². The lowest BCUT2D eigenvalue weighted by Crippen LogP contribution is -2.20. The lowest BCUT2D eigenvalue weighted by atomic mass is 10.4. The molecule has 0 fully saturated rings. The number of hydrogen-bond donors (Lipinski definition) is 0. The Bertz CT molecular complexity index is 652. The molecular formula is C27H39P3. The van der Waals surface area contributed by atoms with Crippen LogP contribution in [0.3, 0.4) is 0 Å². The van der Waals surface area contributed by atoms with Gasteiger partial charge >= 0.3 is 0 Å². The van der Waals surface area contributed by atoms with Crippen molar-refractivity contribution in [2.24, 2.45) is 0 Å². The van der Waals surface area contributed by atoms with Crippen molar-refractivity contribution in [3.05, 3.63) is 91.0 Å². The van der Waals surface area contributed by atoms with E-state index in [0.29, 0.717) is 15.8 Å². The van der Waals surface area contributed by atoms with Crippen molar-refractivity contribution in [2.45, 2.75) is 20.8 Å². The molecule has 3 aromatic rings. The van der Waals surface area contributed by atoms with Crippen LogP contribution < -0.4 is 15.9 Å². The smallest absolute Gasteiger partial charge is 0.0134 e. The van der Waals surface area contributed by atoms with E-state index in [9.17, 15) is 0 Å². The Labute approximate surface area is 189 Å². The molecule has 0 heterocycles. The Morgan fingerprint density at radius 2 is 0.700 bits per heavy atom. The maximum Gasteiger partial charge on any atom is -0.0134 e. The topological polar surface area (TPSA) is 0 Å². The first-order valence-electron chi connectivity index (χ1n) is 10.8. The van der Waals surface area contributed by atoms with Gasteiger partial charge in [0.2, 0.25) is 0 Å². The third-order valence-electron chi connectivity index (χ3n) is 4.38. The molecule has 0 aliphatic carbocycles. The van der Waals surface area contributed by atoms with Crippen LogP contribution in [-0.4, -0.2) is 38.5 Å². The molecule has 3 aromatic carbocycles. The van der Waals surface area contributed by atoms with Crippen LogP contribution in [0.4, 0.5) is 0 Å². The molecule has 0 saturated heterocycles. The van der Waals surface area contributed by atoms with Gasteiger partial charge in [-0.05, 0) is 62.3 Å². The van der Waals surface area contributed by atoms with Crippen molar-refractivity contribution in [3.63, 3.8) is 0 Å². The minimum Gasteiger partial charge on any atom is -0.116 e. The van der Waals surface area contributed by atoms with Gasteiger partial charge in [0.15, 0.2) is 0 Å². The van der Waals surface area contributed by atoms with Crippen molar-refractivity contribution in [3.8, 4) is 0 Å². The second kappa shape index (κ2) is 16.6. The first kappa shape index (κ1) is 27.0. The van der Waals surface area contributed by atoms with Gasteiger partial charge < -0.3 is 0 Å². The molecule has 0 nitrogen and oxygen atoms in total. The molecule has 0 radical (unpaired) electrons. The maximum absolute atomic E-state index is 2.29. The van der Waals surface area contributed by atoms with Crippen LogP contribution >= 0.6 is 23.8 Å². The molecule has 0 aromatic heterocycles. The molecule has 0 amide bonds. The summed E-state index contributed by atoms with van der Waals surface area (Å²) in [5, 5.41) is 4.19. The molecule has 0 aliphatic heterocycles. The quantitative estimate of drug-likeness (QED) is 0.341. The van der Waals surface area contributed by atoms with Gasteiger partial charge in [0, 0.05) is 0 Å². The second-order valence-electron chi connectivity index (χ2n) is 7.30. The average Bonchev–Trinajstić information content (AvgIpc) is 2.78. The Kier molecular flexibility index (Phi) is 14.9. The maximum atomic E-state index is 2.29. The molecule has 0 N–H and O–H groups in total. The summed E-state index contributed by atoms with van der Waals surface area (Å²) in [5.41, 5.74) is 0. The number of benzene rings is 3. The number of hydrogen-bond acceptors (Lipinski definition) is 0. The highest BCUT2D eigenvalue weighted by Gasteiger charge is 2.14. The van der Waals surface area contributed by atoms with Crippen LogP contribution in [0.1, 0.15) is 20.8 Å². The van der Waals surface area contributed by atoms with Crippen molar-refractivity contribution in [2.75, 3.05) is 38.5 Å². The van der Waals surface area contributed by atoms with E-state index in [4.69, 9.17) is 0 Å². The molecule has 3 heteroatoms. The largest absolute Gasteiger partial charge is 0.116 e. The minimum atomic E-state index is -0.446. The third-order valence-corrected chi connectivity index (χ3v) is 9.51. The van der Waals surface area contributed by atoms with E-state index < -0.39 is 7.92 Å². The lowest BCUT2D eigenvalue weighted by molar-refractivity contribution is 1.35. The lowest BCUT2D eigenvalue weighted by Gasteiger charge is -2.18. The van der Waals surface area contributed by atoms with Gasteiger partial charge in [-0.15, -0.1) is 15.8 Å². The summed E-state index contributed by atoms with van der Waals surface area (Å²) < 4.78 is 0. The summed E-state index contributed by atoms with van der Waals surface area (Å²) in [5.74, 6) is 0. The van der Waals surface area contributed by atoms with Gasteiger partial charge in [-0.2, -0.15) is 0 Å². The van der Waals surface area contributed by atoms with Gasteiger partial charge in [-0.25, -0.2) is 0 Å². The van der Waals surface area contributed by atoms with Crippen LogP contribution in [0.5, 0.6) is 0 Å². The van der Waals surface area contributed by atoms with E-state index >= 15 is 0 Å². The highest BCUT2D eigenvalue weighted by Crippen LogP contribution is 2.33. The highest BCUT2D eigenvalue weighted by atomic mass is 31.1. The zero-order chi connectivity index (χ0) is 22.2. The molecule has 0 aliphatic rings. The van der Waals surface area contributed by atoms with E-state index in [-0.39, 0.29) is 0 Å². The Balaban J connectivity index is 0.000000343. The van der Waals surface area contributed by atoms with Gasteiger partial charge in [-0.1, -0.05) is 112 Å². The van der Waals surface area contributed by atoms with Gasteiger partial charge in [-0.3, -0.25) is 0 Å². The summed E-state index contributed by atoms with van der Waals surface area (Å²) in [6.07, 6.45) is 4.26. The fraction of sp³-hybridized carbons (Fsp3) is 0.333. The molecular weight excluding hydrogens is 417 g/mol. The monoisotopic (exact) mass is 456 g/mol. The Morgan fingerprint density at radius 1 is 0.467 bits per heavy atom. The van der Waals surface area contributed by atoms with Gasteiger partial charge in [0.05, 0.1) is 0 Å². The molecule has 0 atom stereocenters. The van der Waals surface area contributed by atoms with Crippen LogP contribution in [0, 0.1) is 0 Å². The fourth-order valence-corrected chi connectivity index (χ4v) is 6.50. The van der Waals surface area contributed by atoms with E-state index in [1.165, 1.54) is 34.4 Å². The van der Waals surface area contributed by atoms with Crippen LogP contribution in [-0.2, 0) is 0 Å². The second-order valence-corrected chi connectivity index (χ2v) is 15.4. The van der Waals surface area contributed by atoms with Crippen LogP contribution in [0.2, 0.25) is 0 Å². The molecule has 0 saturated carbocycles. The first-order chi connectivity index (χ1) is 14.5. The van der Waals surface area contributed by atoms with E-state index in [0.717, 1.165) is 0 Å². The molecule has 3 rings (SSSR count).